The Balaban J connectivity index is 1.87. The van der Waals surface area contributed by atoms with Crippen LogP contribution >= 0.6 is 11.6 Å². The molecule has 2 aromatic rings. The molecule has 0 aliphatic carbocycles. The second-order valence-corrected chi connectivity index (χ2v) is 10.1. The first-order valence-corrected chi connectivity index (χ1v) is 12.2. The summed E-state index contributed by atoms with van der Waals surface area (Å²) < 4.78 is 35.2. The van der Waals surface area contributed by atoms with Crippen LogP contribution in [0, 0.1) is 6.92 Å². The Morgan fingerprint density at radius 2 is 1.97 bits per heavy atom. The van der Waals surface area contributed by atoms with Gasteiger partial charge in [0, 0.05) is 17.6 Å². The van der Waals surface area contributed by atoms with Gasteiger partial charge in [0.1, 0.15) is 10.6 Å². The number of piperidine rings is 1. The molecule has 9 heteroatoms. The van der Waals surface area contributed by atoms with E-state index in [1.54, 1.807) is 6.07 Å². The summed E-state index contributed by atoms with van der Waals surface area (Å²) in [5, 5.41) is 9.92. The molecule has 166 valence electrons. The molecule has 0 spiro atoms. The molecule has 4 rings (SSSR count). The predicted octanol–water partition coefficient (Wildman–Crippen LogP) is 4.68. The molecular weight excluding hydrogens is 440 g/mol. The lowest BCUT2D eigenvalue weighted by atomic mass is 9.96. The summed E-state index contributed by atoms with van der Waals surface area (Å²) in [4.78, 5) is 13.5. The Kier molecular flexibility index (Phi) is 6.03. The van der Waals surface area contributed by atoms with Crippen molar-refractivity contribution >= 4 is 39.0 Å². The van der Waals surface area contributed by atoms with Crippen LogP contribution in [0.2, 0.25) is 5.02 Å². The molecule has 0 aromatic heterocycles. The molecule has 2 heterocycles. The number of sulfonamides is 1. The number of benzene rings is 2. The minimum absolute atomic E-state index is 0.122. The smallest absolute Gasteiger partial charge is 0.335 e. The third kappa shape index (κ3) is 4.45. The van der Waals surface area contributed by atoms with Crippen molar-refractivity contribution in [1.82, 2.24) is 0 Å². The summed E-state index contributed by atoms with van der Waals surface area (Å²) >= 11 is 6.42. The van der Waals surface area contributed by atoms with Gasteiger partial charge in [0.2, 0.25) is 0 Å². The van der Waals surface area contributed by atoms with Crippen LogP contribution in [0.15, 0.2) is 35.2 Å². The van der Waals surface area contributed by atoms with Gasteiger partial charge in [-0.05, 0) is 74.9 Å². The molecule has 1 unspecified atom stereocenters. The highest BCUT2D eigenvalue weighted by atomic mass is 35.5. The van der Waals surface area contributed by atoms with E-state index < -0.39 is 16.0 Å². The predicted molar refractivity (Wildman–Crippen MR) is 120 cm³/mol. The molecular formula is C22H25ClN2O5S. The lowest BCUT2D eigenvalue weighted by Gasteiger charge is -2.39. The standard InChI is InChI=1S/C22H25ClN2O5S/c1-14-11-18-19(13-17(14)23)25-9-3-2-5-16(25)6-4-10-30-20-8-7-15(22(26)27)12-21(20)31(28,29)24-18/h7-8,11-13,16,24H,2-6,9-10H2,1H3,(H,26,27). The molecule has 0 radical (unpaired) electrons. The van der Waals surface area contributed by atoms with Gasteiger partial charge in [0.25, 0.3) is 10.0 Å². The summed E-state index contributed by atoms with van der Waals surface area (Å²) in [7, 11) is -4.11. The molecule has 0 bridgehead atoms. The Morgan fingerprint density at radius 1 is 1.19 bits per heavy atom. The molecule has 2 aliphatic heterocycles. The second-order valence-electron chi connectivity index (χ2n) is 8.02. The fourth-order valence-corrected chi connectivity index (χ4v) is 5.67. The summed E-state index contributed by atoms with van der Waals surface area (Å²) in [6.07, 6.45) is 4.83. The van der Waals surface area contributed by atoms with Gasteiger partial charge in [-0.2, -0.15) is 0 Å². The maximum atomic E-state index is 13.4. The number of hydrogen-bond donors (Lipinski definition) is 2. The number of anilines is 2. The zero-order valence-electron chi connectivity index (χ0n) is 17.2. The number of aryl methyl sites for hydroxylation is 1. The third-order valence-electron chi connectivity index (χ3n) is 5.88. The Hall–Kier alpha value is -2.45. The molecule has 2 N–H and O–H groups in total. The van der Waals surface area contributed by atoms with E-state index in [0.29, 0.717) is 17.3 Å². The highest BCUT2D eigenvalue weighted by Gasteiger charge is 2.29. The summed E-state index contributed by atoms with van der Waals surface area (Å²) in [6.45, 7) is 2.99. The monoisotopic (exact) mass is 464 g/mol. The zero-order chi connectivity index (χ0) is 22.2. The highest BCUT2D eigenvalue weighted by Crippen LogP contribution is 2.39. The molecule has 0 amide bonds. The lowest BCUT2D eigenvalue weighted by Crippen LogP contribution is -2.40. The number of halogens is 1. The van der Waals surface area contributed by atoms with Crippen molar-refractivity contribution in [2.45, 2.75) is 50.0 Å². The van der Waals surface area contributed by atoms with Crippen molar-refractivity contribution in [3.05, 3.63) is 46.5 Å². The Labute approximate surface area is 187 Å². The molecule has 7 nitrogen and oxygen atoms in total. The van der Waals surface area contributed by atoms with Crippen LogP contribution < -0.4 is 14.4 Å². The molecule has 1 fully saturated rings. The van der Waals surface area contributed by atoms with Gasteiger partial charge in [0.15, 0.2) is 0 Å². The number of carbonyl (C=O) groups is 1. The lowest BCUT2D eigenvalue weighted by molar-refractivity contribution is 0.0696. The van der Waals surface area contributed by atoms with E-state index >= 15 is 0 Å². The number of hydrogen-bond acceptors (Lipinski definition) is 5. The maximum Gasteiger partial charge on any atom is 0.335 e. The van der Waals surface area contributed by atoms with Gasteiger partial charge in [0.05, 0.1) is 23.5 Å². The van der Waals surface area contributed by atoms with Crippen LogP contribution in [0.4, 0.5) is 11.4 Å². The van der Waals surface area contributed by atoms with Crippen molar-refractivity contribution < 1.29 is 23.1 Å². The first kappa shape index (κ1) is 21.8. The van der Waals surface area contributed by atoms with Gasteiger partial charge in [-0.15, -0.1) is 0 Å². The van der Waals surface area contributed by atoms with Crippen LogP contribution in [0.25, 0.3) is 0 Å². The fraction of sp³-hybridized carbons (Fsp3) is 0.409. The van der Waals surface area contributed by atoms with Crippen LogP contribution in [0.1, 0.15) is 48.0 Å². The van der Waals surface area contributed by atoms with E-state index in [9.17, 15) is 18.3 Å². The number of aromatic carboxylic acids is 1. The van der Waals surface area contributed by atoms with Crippen LogP contribution in [0.3, 0.4) is 0 Å². The van der Waals surface area contributed by atoms with E-state index in [2.05, 4.69) is 9.62 Å². The Morgan fingerprint density at radius 3 is 2.74 bits per heavy atom. The summed E-state index contributed by atoms with van der Waals surface area (Å²) in [5.41, 5.74) is 1.81. The molecule has 1 atom stereocenters. The van der Waals surface area contributed by atoms with Crippen LogP contribution in [-0.2, 0) is 10.0 Å². The minimum atomic E-state index is -4.11. The number of fused-ring (bicyclic) bond motifs is 4. The summed E-state index contributed by atoms with van der Waals surface area (Å²) in [6, 6.07) is 7.72. The van der Waals surface area contributed by atoms with Gasteiger partial charge >= 0.3 is 5.97 Å². The zero-order valence-corrected chi connectivity index (χ0v) is 18.8. The molecule has 1 saturated heterocycles. The molecule has 31 heavy (non-hydrogen) atoms. The first-order chi connectivity index (χ1) is 14.8. The quantitative estimate of drug-likeness (QED) is 0.636. The number of nitrogens with zero attached hydrogens (tertiary/aromatic N) is 1. The Bertz CT molecular complexity index is 1120. The third-order valence-corrected chi connectivity index (χ3v) is 7.67. The van der Waals surface area contributed by atoms with Crippen molar-refractivity contribution in [2.75, 3.05) is 22.8 Å². The average molecular weight is 465 g/mol. The molecule has 2 aliphatic rings. The molecule has 0 saturated carbocycles. The highest BCUT2D eigenvalue weighted by molar-refractivity contribution is 7.92. The number of carboxylic acids is 1. The van der Waals surface area contributed by atoms with Crippen molar-refractivity contribution in [2.24, 2.45) is 0 Å². The first-order valence-electron chi connectivity index (χ1n) is 10.4. The van der Waals surface area contributed by atoms with Crippen LogP contribution in [0.5, 0.6) is 5.75 Å². The maximum absolute atomic E-state index is 13.4. The van der Waals surface area contributed by atoms with Gasteiger partial charge in [-0.25, -0.2) is 13.2 Å². The SMILES string of the molecule is Cc1cc2c(cc1Cl)N1CCCCC1CCCOc1ccc(C(=O)O)cc1S(=O)(=O)N2. The average Bonchev–Trinajstić information content (AvgIpc) is 2.73. The topological polar surface area (TPSA) is 95.9 Å². The summed E-state index contributed by atoms with van der Waals surface area (Å²) in [5.74, 6) is -1.06. The normalized spacial score (nSPS) is 20.6. The minimum Gasteiger partial charge on any atom is -0.492 e. The van der Waals surface area contributed by atoms with E-state index in [1.165, 1.54) is 12.1 Å². The number of ether oxygens (including phenoxy) is 1. The second kappa shape index (κ2) is 8.59. The van der Waals surface area contributed by atoms with Gasteiger partial charge in [-0.1, -0.05) is 11.6 Å². The van der Waals surface area contributed by atoms with E-state index in [0.717, 1.165) is 56.0 Å². The number of carboxylic acid groups (broad SMARTS) is 1. The number of rotatable bonds is 1. The van der Waals surface area contributed by atoms with Crippen molar-refractivity contribution in [1.29, 1.82) is 0 Å². The van der Waals surface area contributed by atoms with E-state index in [-0.39, 0.29) is 22.3 Å². The molecule has 2 aromatic carbocycles. The fourth-order valence-electron chi connectivity index (χ4n) is 4.28. The largest absolute Gasteiger partial charge is 0.492 e. The van der Waals surface area contributed by atoms with E-state index in [4.69, 9.17) is 16.3 Å². The van der Waals surface area contributed by atoms with Gasteiger partial charge < -0.3 is 14.7 Å². The van der Waals surface area contributed by atoms with Crippen molar-refractivity contribution in [3.8, 4) is 5.75 Å². The van der Waals surface area contributed by atoms with Crippen LogP contribution in [-0.4, -0.2) is 38.7 Å². The van der Waals surface area contributed by atoms with Gasteiger partial charge in [-0.3, -0.25) is 4.72 Å². The van der Waals surface area contributed by atoms with E-state index in [1.807, 2.05) is 13.0 Å². The number of nitrogens with one attached hydrogen (secondary N) is 1. The van der Waals surface area contributed by atoms with Crippen molar-refractivity contribution in [3.63, 3.8) is 0 Å².